The zero-order chi connectivity index (χ0) is 14.1. The molecule has 0 saturated carbocycles. The van der Waals surface area contributed by atoms with Crippen LogP contribution in [0.1, 0.15) is 5.56 Å². The zero-order valence-corrected chi connectivity index (χ0v) is 10.4. The van der Waals surface area contributed by atoms with Crippen molar-refractivity contribution >= 4 is 17.0 Å². The number of hydrogen-bond donors (Lipinski definition) is 2. The summed E-state index contributed by atoms with van der Waals surface area (Å²) < 4.78 is 13.9. The molecule has 0 bridgehead atoms. The summed E-state index contributed by atoms with van der Waals surface area (Å²) in [5.41, 5.74) is 2.42. The Kier molecular flexibility index (Phi) is 2.95. The average Bonchev–Trinajstić information content (AvgIpc) is 2.87. The van der Waals surface area contributed by atoms with Gasteiger partial charge in [-0.3, -0.25) is 4.79 Å². The summed E-state index contributed by atoms with van der Waals surface area (Å²) in [5.74, 6) is -1.56. The molecule has 5 heteroatoms. The lowest BCUT2D eigenvalue weighted by atomic mass is 10.0. The van der Waals surface area contributed by atoms with Gasteiger partial charge in [-0.1, -0.05) is 12.1 Å². The monoisotopic (exact) mass is 270 g/mol. The topological polar surface area (TPSA) is 66.0 Å². The van der Waals surface area contributed by atoms with Crippen LogP contribution in [-0.4, -0.2) is 21.0 Å². The predicted octanol–water partition coefficient (Wildman–Crippen LogP) is 3.00. The van der Waals surface area contributed by atoms with Crippen molar-refractivity contribution in [3.05, 3.63) is 54.1 Å². The molecule has 0 aliphatic carbocycles. The van der Waals surface area contributed by atoms with Crippen LogP contribution in [0, 0.1) is 5.82 Å². The highest BCUT2D eigenvalue weighted by Gasteiger charge is 2.09. The van der Waals surface area contributed by atoms with Gasteiger partial charge in [0.15, 0.2) is 0 Å². The van der Waals surface area contributed by atoms with Crippen LogP contribution in [0.2, 0.25) is 0 Å². The maximum atomic E-state index is 13.9. The van der Waals surface area contributed by atoms with E-state index in [9.17, 15) is 9.18 Å². The quantitative estimate of drug-likeness (QED) is 0.768. The van der Waals surface area contributed by atoms with Crippen molar-refractivity contribution < 1.29 is 14.3 Å². The molecule has 0 unspecified atom stereocenters. The van der Waals surface area contributed by atoms with E-state index in [1.54, 1.807) is 18.5 Å². The summed E-state index contributed by atoms with van der Waals surface area (Å²) in [4.78, 5) is 17.8. The zero-order valence-electron chi connectivity index (χ0n) is 10.4. The molecule has 0 radical (unpaired) electrons. The Hall–Kier alpha value is -2.69. The summed E-state index contributed by atoms with van der Waals surface area (Å²) in [6.45, 7) is 0. The van der Waals surface area contributed by atoms with Crippen molar-refractivity contribution in [3.8, 4) is 11.1 Å². The number of nitrogens with zero attached hydrogens (tertiary/aromatic N) is 1. The number of nitrogens with one attached hydrogen (secondary N) is 1. The molecule has 0 atom stereocenters. The van der Waals surface area contributed by atoms with Crippen molar-refractivity contribution in [2.45, 2.75) is 6.42 Å². The van der Waals surface area contributed by atoms with Crippen molar-refractivity contribution in [2.75, 3.05) is 0 Å². The van der Waals surface area contributed by atoms with E-state index < -0.39 is 11.8 Å². The van der Waals surface area contributed by atoms with Gasteiger partial charge in [0.25, 0.3) is 0 Å². The first kappa shape index (κ1) is 12.3. The van der Waals surface area contributed by atoms with Crippen LogP contribution in [0.3, 0.4) is 0 Å². The van der Waals surface area contributed by atoms with Crippen molar-refractivity contribution in [2.24, 2.45) is 0 Å². The minimum Gasteiger partial charge on any atom is -0.481 e. The number of pyridine rings is 1. The Labute approximate surface area is 113 Å². The maximum Gasteiger partial charge on any atom is 0.307 e. The van der Waals surface area contributed by atoms with Gasteiger partial charge in [-0.25, -0.2) is 9.37 Å². The molecule has 0 spiro atoms. The normalized spacial score (nSPS) is 10.8. The van der Waals surface area contributed by atoms with Crippen LogP contribution >= 0.6 is 0 Å². The fourth-order valence-corrected chi connectivity index (χ4v) is 2.13. The number of carbonyl (C=O) groups is 1. The molecule has 4 nitrogen and oxygen atoms in total. The van der Waals surface area contributed by atoms with Crippen LogP contribution in [-0.2, 0) is 11.2 Å². The predicted molar refractivity (Wildman–Crippen MR) is 72.8 cm³/mol. The largest absolute Gasteiger partial charge is 0.481 e. The van der Waals surface area contributed by atoms with E-state index in [4.69, 9.17) is 5.11 Å². The number of fused-ring (bicyclic) bond motifs is 1. The summed E-state index contributed by atoms with van der Waals surface area (Å²) in [6.07, 6.45) is 3.13. The van der Waals surface area contributed by atoms with Gasteiger partial charge in [-0.05, 0) is 29.3 Å². The van der Waals surface area contributed by atoms with E-state index in [0.29, 0.717) is 5.56 Å². The molecule has 2 aromatic heterocycles. The number of carboxylic acids is 1. The fraction of sp³-hybridized carbons (Fsp3) is 0.0667. The third kappa shape index (κ3) is 2.25. The second-order valence-electron chi connectivity index (χ2n) is 4.52. The standard InChI is InChI=1S/C15H11FN2O2/c16-13-6-9(1-2-10(13)7-14(19)20)12-5-11-3-4-17-15(11)18-8-12/h1-6,8H,7H2,(H,17,18)(H,19,20). The van der Waals surface area contributed by atoms with Gasteiger partial charge < -0.3 is 10.1 Å². The van der Waals surface area contributed by atoms with E-state index in [1.165, 1.54) is 12.1 Å². The molecule has 0 fully saturated rings. The van der Waals surface area contributed by atoms with Crippen LogP contribution in [0.5, 0.6) is 0 Å². The first-order valence-electron chi connectivity index (χ1n) is 6.07. The Morgan fingerprint density at radius 1 is 1.25 bits per heavy atom. The lowest BCUT2D eigenvalue weighted by molar-refractivity contribution is -0.136. The van der Waals surface area contributed by atoms with Crippen molar-refractivity contribution in [1.82, 2.24) is 9.97 Å². The third-order valence-corrected chi connectivity index (χ3v) is 3.13. The van der Waals surface area contributed by atoms with Gasteiger partial charge >= 0.3 is 5.97 Å². The molecule has 1 aromatic carbocycles. The second kappa shape index (κ2) is 4.77. The molecular formula is C15H11FN2O2. The van der Waals surface area contributed by atoms with Crippen molar-refractivity contribution in [1.29, 1.82) is 0 Å². The number of rotatable bonds is 3. The van der Waals surface area contributed by atoms with E-state index in [2.05, 4.69) is 9.97 Å². The van der Waals surface area contributed by atoms with Gasteiger partial charge in [0, 0.05) is 23.3 Å². The minimum atomic E-state index is -1.05. The summed E-state index contributed by atoms with van der Waals surface area (Å²) in [6, 6.07) is 8.34. The first-order valence-corrected chi connectivity index (χ1v) is 6.07. The van der Waals surface area contributed by atoms with Crippen LogP contribution < -0.4 is 0 Å². The number of benzene rings is 1. The number of aliphatic carboxylic acids is 1. The number of aromatic amines is 1. The highest BCUT2D eigenvalue weighted by molar-refractivity contribution is 5.81. The van der Waals surface area contributed by atoms with Crippen LogP contribution in [0.4, 0.5) is 4.39 Å². The highest BCUT2D eigenvalue weighted by atomic mass is 19.1. The van der Waals surface area contributed by atoms with Gasteiger partial charge in [0.1, 0.15) is 11.5 Å². The van der Waals surface area contributed by atoms with Crippen LogP contribution in [0.15, 0.2) is 42.7 Å². The first-order chi connectivity index (χ1) is 9.63. The molecule has 3 rings (SSSR count). The lowest BCUT2D eigenvalue weighted by Crippen LogP contribution is -2.02. The Bertz CT molecular complexity index is 795. The summed E-state index contributed by atoms with van der Waals surface area (Å²) in [5, 5.41) is 9.63. The van der Waals surface area contributed by atoms with E-state index in [0.717, 1.165) is 16.6 Å². The van der Waals surface area contributed by atoms with E-state index in [-0.39, 0.29) is 12.0 Å². The molecule has 3 aromatic rings. The smallest absolute Gasteiger partial charge is 0.307 e. The highest BCUT2D eigenvalue weighted by Crippen LogP contribution is 2.24. The molecule has 20 heavy (non-hydrogen) atoms. The van der Waals surface area contributed by atoms with Gasteiger partial charge in [0.05, 0.1) is 6.42 Å². The average molecular weight is 270 g/mol. The molecule has 0 aliphatic heterocycles. The van der Waals surface area contributed by atoms with E-state index in [1.807, 2.05) is 12.1 Å². The number of carboxylic acid groups (broad SMARTS) is 1. The minimum absolute atomic E-state index is 0.178. The molecule has 100 valence electrons. The Balaban J connectivity index is 2.01. The van der Waals surface area contributed by atoms with Gasteiger partial charge in [0.2, 0.25) is 0 Å². The number of H-pyrrole nitrogens is 1. The molecule has 0 amide bonds. The number of aromatic nitrogens is 2. The maximum absolute atomic E-state index is 13.9. The molecule has 0 aliphatic rings. The van der Waals surface area contributed by atoms with E-state index >= 15 is 0 Å². The lowest BCUT2D eigenvalue weighted by Gasteiger charge is -2.05. The Morgan fingerprint density at radius 2 is 2.10 bits per heavy atom. The van der Waals surface area contributed by atoms with Gasteiger partial charge in [-0.15, -0.1) is 0 Å². The third-order valence-electron chi connectivity index (χ3n) is 3.13. The summed E-state index contributed by atoms with van der Waals surface area (Å²) in [7, 11) is 0. The van der Waals surface area contributed by atoms with Crippen LogP contribution in [0.25, 0.3) is 22.2 Å². The number of hydrogen-bond acceptors (Lipinski definition) is 2. The SMILES string of the molecule is O=C(O)Cc1ccc(-c2cnc3[nH]ccc3c2)cc1F. The molecule has 2 heterocycles. The molecule has 2 N–H and O–H groups in total. The van der Waals surface area contributed by atoms with Gasteiger partial charge in [-0.2, -0.15) is 0 Å². The summed E-state index contributed by atoms with van der Waals surface area (Å²) >= 11 is 0. The fourth-order valence-electron chi connectivity index (χ4n) is 2.13. The second-order valence-corrected chi connectivity index (χ2v) is 4.52. The molecule has 0 saturated heterocycles. The molecular weight excluding hydrogens is 259 g/mol. The Morgan fingerprint density at radius 3 is 2.85 bits per heavy atom. The van der Waals surface area contributed by atoms with Crippen molar-refractivity contribution in [3.63, 3.8) is 0 Å². The number of halogens is 1.